The molecule has 1 fully saturated rings. The molecule has 1 saturated heterocycles. The van der Waals surface area contributed by atoms with Crippen LogP contribution in [0, 0.1) is 5.82 Å². The molecule has 0 amide bonds. The van der Waals surface area contributed by atoms with E-state index >= 15 is 0 Å². The highest BCUT2D eigenvalue weighted by atomic mass is 79.9. The second-order valence-electron chi connectivity index (χ2n) is 5.49. The summed E-state index contributed by atoms with van der Waals surface area (Å²) in [5.74, 6) is -0.146. The lowest BCUT2D eigenvalue weighted by molar-refractivity contribution is 0.154. The van der Waals surface area contributed by atoms with Crippen LogP contribution in [0.2, 0.25) is 0 Å². The Bertz CT molecular complexity index is 433. The molecule has 0 aliphatic carbocycles. The summed E-state index contributed by atoms with van der Waals surface area (Å²) in [6, 6.07) is 5.12. The third kappa shape index (κ3) is 4.52. The van der Waals surface area contributed by atoms with Crippen LogP contribution in [-0.2, 0) is 0 Å². The molecule has 0 radical (unpaired) electrons. The largest absolute Gasteiger partial charge is 0.309 e. The average Bonchev–Trinajstić information content (AvgIpc) is 2.43. The van der Waals surface area contributed by atoms with Crippen LogP contribution in [0.3, 0.4) is 0 Å². The number of hydrogen-bond acceptors (Lipinski definition) is 3. The summed E-state index contributed by atoms with van der Waals surface area (Å²) in [7, 11) is 2.16. The fourth-order valence-electron chi connectivity index (χ4n) is 2.47. The maximum atomic E-state index is 13.8. The molecule has 0 spiro atoms. The average molecular weight is 344 g/mol. The van der Waals surface area contributed by atoms with Gasteiger partial charge in [-0.15, -0.1) is 0 Å². The van der Waals surface area contributed by atoms with Gasteiger partial charge in [0.15, 0.2) is 0 Å². The van der Waals surface area contributed by atoms with E-state index in [2.05, 4.69) is 38.1 Å². The van der Waals surface area contributed by atoms with Gasteiger partial charge in [-0.05, 0) is 32.2 Å². The summed E-state index contributed by atoms with van der Waals surface area (Å²) in [5.41, 5.74) is 0.720. The first-order chi connectivity index (χ1) is 9.56. The van der Waals surface area contributed by atoms with E-state index in [1.165, 1.54) is 6.07 Å². The molecular weight excluding hydrogens is 321 g/mol. The van der Waals surface area contributed by atoms with Crippen molar-refractivity contribution in [3.05, 3.63) is 34.1 Å². The number of benzene rings is 1. The Balaban J connectivity index is 1.77. The lowest BCUT2D eigenvalue weighted by atomic mass is 10.1. The van der Waals surface area contributed by atoms with Crippen LogP contribution < -0.4 is 5.32 Å². The van der Waals surface area contributed by atoms with Gasteiger partial charge in [0, 0.05) is 55.3 Å². The molecule has 1 aromatic rings. The molecule has 1 aliphatic rings. The molecule has 20 heavy (non-hydrogen) atoms. The van der Waals surface area contributed by atoms with Crippen LogP contribution in [0.4, 0.5) is 4.39 Å². The van der Waals surface area contributed by atoms with E-state index in [-0.39, 0.29) is 11.9 Å². The van der Waals surface area contributed by atoms with Gasteiger partial charge in [0.2, 0.25) is 0 Å². The summed E-state index contributed by atoms with van der Waals surface area (Å²) >= 11 is 3.39. The predicted molar refractivity (Wildman–Crippen MR) is 84.5 cm³/mol. The fraction of sp³-hybridized carbons (Fsp3) is 0.600. The van der Waals surface area contributed by atoms with E-state index in [9.17, 15) is 4.39 Å². The second-order valence-corrected chi connectivity index (χ2v) is 6.40. The molecule has 1 aliphatic heterocycles. The first-order valence-corrected chi connectivity index (χ1v) is 7.95. The van der Waals surface area contributed by atoms with Crippen molar-refractivity contribution in [2.75, 3.05) is 46.3 Å². The molecule has 112 valence electrons. The highest BCUT2D eigenvalue weighted by Gasteiger charge is 2.14. The van der Waals surface area contributed by atoms with Gasteiger partial charge in [-0.25, -0.2) is 4.39 Å². The van der Waals surface area contributed by atoms with Crippen molar-refractivity contribution in [2.45, 2.75) is 13.0 Å². The van der Waals surface area contributed by atoms with Gasteiger partial charge in [-0.3, -0.25) is 4.90 Å². The van der Waals surface area contributed by atoms with Crippen molar-refractivity contribution in [1.82, 2.24) is 15.1 Å². The molecule has 0 bridgehead atoms. The molecule has 0 saturated carbocycles. The van der Waals surface area contributed by atoms with Crippen LogP contribution in [0.25, 0.3) is 0 Å². The Morgan fingerprint density at radius 2 is 2.00 bits per heavy atom. The third-order valence-electron chi connectivity index (χ3n) is 3.90. The van der Waals surface area contributed by atoms with Crippen molar-refractivity contribution in [3.63, 3.8) is 0 Å². The van der Waals surface area contributed by atoms with Crippen molar-refractivity contribution in [3.8, 4) is 0 Å². The van der Waals surface area contributed by atoms with Crippen LogP contribution in [0.5, 0.6) is 0 Å². The van der Waals surface area contributed by atoms with Crippen LogP contribution >= 0.6 is 15.9 Å². The molecule has 1 N–H and O–H groups in total. The Kier molecular flexibility index (Phi) is 5.96. The number of nitrogens with one attached hydrogen (secondary N) is 1. The monoisotopic (exact) mass is 343 g/mol. The van der Waals surface area contributed by atoms with Crippen LogP contribution in [0.15, 0.2) is 22.7 Å². The zero-order valence-electron chi connectivity index (χ0n) is 12.2. The van der Waals surface area contributed by atoms with Crippen molar-refractivity contribution in [2.24, 2.45) is 0 Å². The van der Waals surface area contributed by atoms with E-state index in [0.29, 0.717) is 0 Å². The minimum Gasteiger partial charge on any atom is -0.309 e. The highest BCUT2D eigenvalue weighted by molar-refractivity contribution is 9.10. The molecule has 1 atom stereocenters. The van der Waals surface area contributed by atoms with Gasteiger partial charge in [0.05, 0.1) is 0 Å². The van der Waals surface area contributed by atoms with E-state index in [1.54, 1.807) is 6.07 Å². The van der Waals surface area contributed by atoms with E-state index < -0.39 is 0 Å². The molecule has 1 heterocycles. The van der Waals surface area contributed by atoms with Crippen LogP contribution in [0.1, 0.15) is 18.5 Å². The summed E-state index contributed by atoms with van der Waals surface area (Å²) in [6.45, 7) is 8.43. The lowest BCUT2D eigenvalue weighted by Crippen LogP contribution is -2.46. The Morgan fingerprint density at radius 3 is 2.70 bits per heavy atom. The van der Waals surface area contributed by atoms with Crippen molar-refractivity contribution < 1.29 is 4.39 Å². The predicted octanol–water partition coefficient (Wildman–Crippen LogP) is 2.49. The molecule has 1 aromatic carbocycles. The Labute approximate surface area is 129 Å². The normalized spacial score (nSPS) is 19.2. The minimum absolute atomic E-state index is 0.0277. The number of hydrogen-bond donors (Lipinski definition) is 1. The number of nitrogens with zero attached hydrogens (tertiary/aromatic N) is 2. The summed E-state index contributed by atoms with van der Waals surface area (Å²) in [6.07, 6.45) is 0. The highest BCUT2D eigenvalue weighted by Crippen LogP contribution is 2.21. The Morgan fingerprint density at radius 1 is 1.30 bits per heavy atom. The first kappa shape index (κ1) is 15.9. The fourth-order valence-corrected chi connectivity index (χ4v) is 2.85. The standard InChI is InChI=1S/C15H23BrFN3/c1-12(14-11-13(16)3-4-15(14)17)18-5-6-20-9-7-19(2)8-10-20/h3-4,11-12,18H,5-10H2,1-2H3. The Hall–Kier alpha value is -0.490. The van der Waals surface area contributed by atoms with E-state index in [1.807, 2.05) is 13.0 Å². The molecular formula is C15H23BrFN3. The number of likely N-dealkylation sites (N-methyl/N-ethyl adjacent to an activating group) is 1. The molecule has 2 rings (SSSR count). The minimum atomic E-state index is -0.146. The SMILES string of the molecule is CC(NCCN1CCN(C)CC1)c1cc(Br)ccc1F. The first-order valence-electron chi connectivity index (χ1n) is 7.15. The van der Waals surface area contributed by atoms with Gasteiger partial charge in [0.25, 0.3) is 0 Å². The molecule has 3 nitrogen and oxygen atoms in total. The zero-order chi connectivity index (χ0) is 14.5. The lowest BCUT2D eigenvalue weighted by Gasteiger charge is -2.32. The molecule has 0 aromatic heterocycles. The number of rotatable bonds is 5. The maximum Gasteiger partial charge on any atom is 0.128 e. The van der Waals surface area contributed by atoms with Crippen LogP contribution in [-0.4, -0.2) is 56.1 Å². The van der Waals surface area contributed by atoms with Crippen molar-refractivity contribution >= 4 is 15.9 Å². The van der Waals surface area contributed by atoms with Gasteiger partial charge >= 0.3 is 0 Å². The molecule has 1 unspecified atom stereocenters. The summed E-state index contributed by atoms with van der Waals surface area (Å²) < 4.78 is 14.7. The van der Waals surface area contributed by atoms with Gasteiger partial charge in [-0.2, -0.15) is 0 Å². The smallest absolute Gasteiger partial charge is 0.128 e. The molecule has 5 heteroatoms. The maximum absolute atomic E-state index is 13.8. The number of halogens is 2. The van der Waals surface area contributed by atoms with Gasteiger partial charge < -0.3 is 10.2 Å². The van der Waals surface area contributed by atoms with E-state index in [4.69, 9.17) is 0 Å². The topological polar surface area (TPSA) is 18.5 Å². The van der Waals surface area contributed by atoms with E-state index in [0.717, 1.165) is 49.3 Å². The zero-order valence-corrected chi connectivity index (χ0v) is 13.8. The quantitative estimate of drug-likeness (QED) is 0.886. The third-order valence-corrected chi connectivity index (χ3v) is 4.39. The summed E-state index contributed by atoms with van der Waals surface area (Å²) in [4.78, 5) is 4.81. The van der Waals surface area contributed by atoms with Gasteiger partial charge in [0.1, 0.15) is 5.82 Å². The van der Waals surface area contributed by atoms with Crippen molar-refractivity contribution in [1.29, 1.82) is 0 Å². The van der Waals surface area contributed by atoms with Gasteiger partial charge in [-0.1, -0.05) is 15.9 Å². The number of piperazine rings is 1. The second kappa shape index (κ2) is 7.50. The summed E-state index contributed by atoms with van der Waals surface area (Å²) in [5, 5.41) is 3.41.